The number of hydrogen-bond donors (Lipinski definition) is 4. The van der Waals surface area contributed by atoms with Crippen molar-refractivity contribution < 1.29 is 38.5 Å². The molecule has 4 N–H and O–H groups in total. The van der Waals surface area contributed by atoms with E-state index in [2.05, 4.69) is 16.0 Å². The first-order valence-electron chi connectivity index (χ1n) is 18.1. The number of carbonyl (C=O) groups excluding carboxylic acids is 4. The van der Waals surface area contributed by atoms with Gasteiger partial charge in [0.2, 0.25) is 11.8 Å². The number of alkyl carbamates (subject to hydrolysis) is 1. The van der Waals surface area contributed by atoms with Crippen LogP contribution in [0.15, 0.2) is 127 Å². The van der Waals surface area contributed by atoms with Crippen LogP contribution in [0, 0.1) is 5.92 Å². The van der Waals surface area contributed by atoms with Gasteiger partial charge in [0, 0.05) is 6.42 Å². The second-order valence-corrected chi connectivity index (χ2v) is 13.2. The Hall–Kier alpha value is -5.94. The van der Waals surface area contributed by atoms with E-state index in [1.54, 1.807) is 12.2 Å². The fourth-order valence-corrected chi connectivity index (χ4v) is 5.97. The zero-order valence-electron chi connectivity index (χ0n) is 30.1. The molecule has 0 bridgehead atoms. The third-order valence-electron chi connectivity index (χ3n) is 8.89. The third kappa shape index (κ3) is 13.2. The van der Waals surface area contributed by atoms with Gasteiger partial charge in [-0.15, -0.1) is 0 Å². The number of aliphatic hydroxyl groups excluding tert-OH is 1. The van der Waals surface area contributed by atoms with E-state index in [4.69, 9.17) is 14.2 Å². The summed E-state index contributed by atoms with van der Waals surface area (Å²) >= 11 is 0. The summed E-state index contributed by atoms with van der Waals surface area (Å²) in [6.45, 7) is 0.00269. The Balaban J connectivity index is 1.27. The van der Waals surface area contributed by atoms with Gasteiger partial charge in [0.15, 0.2) is 0 Å². The number of nitrogens with one attached hydrogen (secondary N) is 3. The Bertz CT molecular complexity index is 1800. The maximum Gasteiger partial charge on any atom is 0.408 e. The van der Waals surface area contributed by atoms with Crippen LogP contribution >= 0.6 is 0 Å². The average molecular weight is 734 g/mol. The van der Waals surface area contributed by atoms with Gasteiger partial charge in [0.1, 0.15) is 31.6 Å². The lowest BCUT2D eigenvalue weighted by molar-refractivity contribution is -0.147. The molecule has 0 spiro atoms. The summed E-state index contributed by atoms with van der Waals surface area (Å²) in [5.74, 6) is -1.50. The van der Waals surface area contributed by atoms with Gasteiger partial charge in [0.05, 0.1) is 24.6 Å². The summed E-state index contributed by atoms with van der Waals surface area (Å²) in [4.78, 5) is 53.0. The Morgan fingerprint density at radius 1 is 0.778 bits per heavy atom. The maximum atomic E-state index is 13.8. The standard InChI is InChI=1S/C43H47N3O8/c47-27-36(24-31-12-4-1-5-13-31)44-40(48)26-35-18-10-11-19-39(46-43(51)54-29-34-16-8-3-9-17-34)42(50)53-30-37(45-41(35)49)25-32-20-22-38(23-21-32)52-28-33-14-6-2-7-15-33/h1-17,20-23,35-37,39,47H,18-19,24-30H2,(H,44,48)(H,45,49)(H,46,51). The molecule has 0 aromatic heterocycles. The Labute approximate surface area is 315 Å². The van der Waals surface area contributed by atoms with Crippen LogP contribution in [-0.2, 0) is 49.9 Å². The molecular formula is C43H47N3O8. The highest BCUT2D eigenvalue weighted by Crippen LogP contribution is 2.18. The van der Waals surface area contributed by atoms with Crippen LogP contribution < -0.4 is 20.7 Å². The van der Waals surface area contributed by atoms with E-state index in [1.807, 2.05) is 115 Å². The second kappa shape index (κ2) is 20.9. The summed E-state index contributed by atoms with van der Waals surface area (Å²) in [6.07, 6.45) is 3.51. The fraction of sp³-hybridized carbons (Fsp3) is 0.302. The molecule has 1 aliphatic heterocycles. The molecule has 54 heavy (non-hydrogen) atoms. The zero-order valence-corrected chi connectivity index (χ0v) is 30.1. The predicted octanol–water partition coefficient (Wildman–Crippen LogP) is 5.21. The highest BCUT2D eigenvalue weighted by atomic mass is 16.6. The predicted molar refractivity (Wildman–Crippen MR) is 203 cm³/mol. The maximum absolute atomic E-state index is 13.8. The molecule has 11 nitrogen and oxygen atoms in total. The van der Waals surface area contributed by atoms with Crippen molar-refractivity contribution >= 4 is 23.9 Å². The number of hydrogen-bond acceptors (Lipinski definition) is 8. The molecular weight excluding hydrogens is 686 g/mol. The first kappa shape index (κ1) is 39.3. The minimum Gasteiger partial charge on any atom is -0.489 e. The summed E-state index contributed by atoms with van der Waals surface area (Å²) in [6, 6.07) is 33.7. The molecule has 282 valence electrons. The van der Waals surface area contributed by atoms with Gasteiger partial charge < -0.3 is 35.3 Å². The number of rotatable bonds is 14. The molecule has 4 atom stereocenters. The lowest BCUT2D eigenvalue weighted by atomic mass is 9.97. The van der Waals surface area contributed by atoms with Crippen molar-refractivity contribution in [3.63, 3.8) is 0 Å². The molecule has 0 saturated carbocycles. The number of carbonyl (C=O) groups is 4. The number of amides is 3. The number of esters is 1. The Morgan fingerprint density at radius 3 is 2.04 bits per heavy atom. The molecule has 0 fully saturated rings. The highest BCUT2D eigenvalue weighted by Gasteiger charge is 2.28. The molecule has 4 unspecified atom stereocenters. The molecule has 4 aromatic carbocycles. The minimum atomic E-state index is -1.05. The molecule has 1 heterocycles. The lowest BCUT2D eigenvalue weighted by Crippen LogP contribution is -2.47. The van der Waals surface area contributed by atoms with Crippen LogP contribution in [0.5, 0.6) is 5.75 Å². The smallest absolute Gasteiger partial charge is 0.408 e. The number of aliphatic hydroxyl groups is 1. The normalized spacial score (nSPS) is 18.1. The largest absolute Gasteiger partial charge is 0.489 e. The fourth-order valence-electron chi connectivity index (χ4n) is 5.97. The molecule has 0 aliphatic carbocycles. The SMILES string of the molecule is O=C(CC1CC=CCC(NC(=O)OCc2ccccc2)C(=O)OCC(Cc2ccc(OCc3ccccc3)cc2)NC1=O)NC(CO)Cc1ccccc1. The van der Waals surface area contributed by atoms with Crippen molar-refractivity contribution in [2.75, 3.05) is 13.2 Å². The highest BCUT2D eigenvalue weighted by molar-refractivity contribution is 5.86. The van der Waals surface area contributed by atoms with Gasteiger partial charge in [-0.05, 0) is 60.1 Å². The van der Waals surface area contributed by atoms with Crippen molar-refractivity contribution in [2.24, 2.45) is 5.92 Å². The van der Waals surface area contributed by atoms with E-state index in [0.29, 0.717) is 25.2 Å². The van der Waals surface area contributed by atoms with Crippen LogP contribution in [0.2, 0.25) is 0 Å². The van der Waals surface area contributed by atoms with Crippen LogP contribution in [0.3, 0.4) is 0 Å². The van der Waals surface area contributed by atoms with E-state index in [9.17, 15) is 24.3 Å². The summed E-state index contributed by atoms with van der Waals surface area (Å²) in [5.41, 5.74) is 3.65. The molecule has 3 amide bonds. The van der Waals surface area contributed by atoms with Crippen LogP contribution in [-0.4, -0.2) is 60.3 Å². The van der Waals surface area contributed by atoms with Crippen molar-refractivity contribution in [1.29, 1.82) is 0 Å². The van der Waals surface area contributed by atoms with Gasteiger partial charge in [-0.1, -0.05) is 115 Å². The first-order valence-corrected chi connectivity index (χ1v) is 18.1. The van der Waals surface area contributed by atoms with Gasteiger partial charge in [0.25, 0.3) is 0 Å². The van der Waals surface area contributed by atoms with E-state index < -0.39 is 36.1 Å². The van der Waals surface area contributed by atoms with Gasteiger partial charge >= 0.3 is 12.1 Å². The monoisotopic (exact) mass is 733 g/mol. The first-order chi connectivity index (χ1) is 26.3. The Kier molecular flexibility index (Phi) is 15.2. The van der Waals surface area contributed by atoms with E-state index in [1.165, 1.54) is 0 Å². The molecule has 11 heteroatoms. The van der Waals surface area contributed by atoms with Crippen molar-refractivity contribution in [3.8, 4) is 5.75 Å². The molecule has 4 aromatic rings. The van der Waals surface area contributed by atoms with Crippen molar-refractivity contribution in [1.82, 2.24) is 16.0 Å². The third-order valence-corrected chi connectivity index (χ3v) is 8.89. The summed E-state index contributed by atoms with van der Waals surface area (Å²) in [7, 11) is 0. The number of cyclic esters (lactones) is 1. The van der Waals surface area contributed by atoms with E-state index in [-0.39, 0.29) is 50.9 Å². The van der Waals surface area contributed by atoms with Crippen LogP contribution in [0.4, 0.5) is 4.79 Å². The average Bonchev–Trinajstić information content (AvgIpc) is 3.19. The van der Waals surface area contributed by atoms with E-state index >= 15 is 0 Å². The summed E-state index contributed by atoms with van der Waals surface area (Å²) < 4.78 is 17.0. The van der Waals surface area contributed by atoms with Crippen molar-refractivity contribution in [2.45, 2.75) is 63.4 Å². The lowest BCUT2D eigenvalue weighted by Gasteiger charge is -2.25. The minimum absolute atomic E-state index is 0.0285. The van der Waals surface area contributed by atoms with E-state index in [0.717, 1.165) is 22.3 Å². The zero-order chi connectivity index (χ0) is 38.0. The van der Waals surface area contributed by atoms with Gasteiger partial charge in [-0.25, -0.2) is 9.59 Å². The van der Waals surface area contributed by atoms with Crippen LogP contribution in [0.25, 0.3) is 0 Å². The Morgan fingerprint density at radius 2 is 1.39 bits per heavy atom. The molecule has 0 radical (unpaired) electrons. The molecule has 5 rings (SSSR count). The van der Waals surface area contributed by atoms with Crippen LogP contribution in [0.1, 0.15) is 41.5 Å². The topological polar surface area (TPSA) is 152 Å². The molecule has 0 saturated heterocycles. The second-order valence-electron chi connectivity index (χ2n) is 13.2. The number of benzene rings is 4. The van der Waals surface area contributed by atoms with Gasteiger partial charge in [-0.3, -0.25) is 9.59 Å². The quantitative estimate of drug-likeness (QED) is 0.102. The van der Waals surface area contributed by atoms with Gasteiger partial charge in [-0.2, -0.15) is 0 Å². The number of ether oxygens (including phenoxy) is 3. The summed E-state index contributed by atoms with van der Waals surface area (Å²) in [5, 5.41) is 18.5. The van der Waals surface area contributed by atoms with Crippen molar-refractivity contribution in [3.05, 3.63) is 150 Å². The number of allylic oxidation sites excluding steroid dienone is 1. The molecule has 1 aliphatic rings.